The van der Waals surface area contributed by atoms with Gasteiger partial charge in [0.2, 0.25) is 0 Å². The van der Waals surface area contributed by atoms with E-state index in [1.54, 1.807) is 18.3 Å². The molecule has 0 unspecified atom stereocenters. The zero-order valence-corrected chi connectivity index (χ0v) is 14.8. The van der Waals surface area contributed by atoms with Crippen LogP contribution in [0.2, 0.25) is 0 Å². The number of benzene rings is 1. The summed E-state index contributed by atoms with van der Waals surface area (Å²) in [6, 6.07) is 8.17. The van der Waals surface area contributed by atoms with Gasteiger partial charge in [-0.1, -0.05) is 0 Å². The molecule has 1 aromatic carbocycles. The summed E-state index contributed by atoms with van der Waals surface area (Å²) in [5.74, 6) is -0.0796. The van der Waals surface area contributed by atoms with E-state index in [2.05, 4.69) is 16.9 Å². The second-order valence-corrected chi connectivity index (χ2v) is 6.92. The van der Waals surface area contributed by atoms with Gasteiger partial charge in [0, 0.05) is 36.0 Å². The lowest BCUT2D eigenvalue weighted by molar-refractivity contribution is -0.131. The summed E-state index contributed by atoms with van der Waals surface area (Å²) in [5.41, 5.74) is 5.01. The molecule has 0 N–H and O–H groups in total. The highest BCUT2D eigenvalue weighted by Crippen LogP contribution is 2.43. The van der Waals surface area contributed by atoms with Crippen LogP contribution in [0.1, 0.15) is 11.4 Å². The van der Waals surface area contributed by atoms with Gasteiger partial charge in [0.1, 0.15) is 11.5 Å². The molecule has 7 heteroatoms. The number of halogens is 1. The van der Waals surface area contributed by atoms with E-state index in [0.717, 1.165) is 47.7 Å². The van der Waals surface area contributed by atoms with Crippen LogP contribution in [0.4, 0.5) is 4.39 Å². The van der Waals surface area contributed by atoms with Crippen LogP contribution in [-0.4, -0.2) is 39.2 Å². The van der Waals surface area contributed by atoms with Crippen molar-refractivity contribution in [2.75, 3.05) is 13.6 Å². The first kappa shape index (κ1) is 16.1. The predicted molar refractivity (Wildman–Crippen MR) is 96.5 cm³/mol. The molecule has 0 radical (unpaired) electrons. The Morgan fingerprint density at radius 3 is 2.78 bits per heavy atom. The van der Waals surface area contributed by atoms with Gasteiger partial charge in [-0.25, -0.2) is 4.39 Å². The number of carbonyl (C=O) groups is 1. The van der Waals surface area contributed by atoms with E-state index in [0.29, 0.717) is 11.4 Å². The van der Waals surface area contributed by atoms with Crippen molar-refractivity contribution in [1.82, 2.24) is 19.7 Å². The fraction of sp³-hybridized carbons (Fsp3) is 0.250. The zero-order valence-electron chi connectivity index (χ0n) is 14.8. The van der Waals surface area contributed by atoms with Gasteiger partial charge >= 0.3 is 5.97 Å². The Morgan fingerprint density at radius 2 is 1.96 bits per heavy atom. The number of hydrogen-bond acceptors (Lipinski definition) is 5. The number of esters is 1. The summed E-state index contributed by atoms with van der Waals surface area (Å²) in [6.45, 7) is 2.40. The number of pyridine rings is 1. The zero-order chi connectivity index (χ0) is 18.5. The number of hydrogen-bond donors (Lipinski definition) is 0. The van der Waals surface area contributed by atoms with Crippen LogP contribution in [0.3, 0.4) is 0 Å². The van der Waals surface area contributed by atoms with Crippen molar-refractivity contribution in [2.24, 2.45) is 0 Å². The van der Waals surface area contributed by atoms with Gasteiger partial charge in [-0.3, -0.25) is 19.4 Å². The van der Waals surface area contributed by atoms with Gasteiger partial charge in [-0.05, 0) is 37.4 Å². The van der Waals surface area contributed by atoms with Gasteiger partial charge in [0.05, 0.1) is 24.4 Å². The molecule has 2 aliphatic heterocycles. The first-order chi connectivity index (χ1) is 13.1. The van der Waals surface area contributed by atoms with E-state index in [1.807, 2.05) is 10.7 Å². The number of carbonyl (C=O) groups excluding carboxylic acids is 1. The SMILES string of the molecule is CN1CCn2nc(-c3ccc(F)cc3)c(-c3ccnc4c3OC(=O)C4)c2C1. The molecule has 0 amide bonds. The molecular weight excluding hydrogens is 347 g/mol. The molecule has 0 bridgehead atoms. The first-order valence-corrected chi connectivity index (χ1v) is 8.83. The molecule has 2 aromatic heterocycles. The minimum Gasteiger partial charge on any atom is -0.424 e. The fourth-order valence-corrected chi connectivity index (χ4v) is 3.75. The molecule has 3 aromatic rings. The van der Waals surface area contributed by atoms with Crippen LogP contribution in [0.15, 0.2) is 36.5 Å². The molecule has 0 saturated carbocycles. The fourth-order valence-electron chi connectivity index (χ4n) is 3.75. The molecule has 0 atom stereocenters. The maximum absolute atomic E-state index is 13.4. The predicted octanol–water partition coefficient (Wildman–Crippen LogP) is 2.66. The number of nitrogens with zero attached hydrogens (tertiary/aromatic N) is 4. The summed E-state index contributed by atoms with van der Waals surface area (Å²) >= 11 is 0. The summed E-state index contributed by atoms with van der Waals surface area (Å²) in [7, 11) is 2.06. The second kappa shape index (κ2) is 5.99. The van der Waals surface area contributed by atoms with Crippen molar-refractivity contribution >= 4 is 5.97 Å². The maximum atomic E-state index is 13.4. The Balaban J connectivity index is 1.76. The van der Waals surface area contributed by atoms with Crippen molar-refractivity contribution in [3.8, 4) is 28.1 Å². The van der Waals surface area contributed by atoms with Crippen molar-refractivity contribution in [2.45, 2.75) is 19.5 Å². The highest BCUT2D eigenvalue weighted by atomic mass is 19.1. The second-order valence-electron chi connectivity index (χ2n) is 6.92. The van der Waals surface area contributed by atoms with Crippen molar-refractivity contribution in [1.29, 1.82) is 0 Å². The number of fused-ring (bicyclic) bond motifs is 2. The van der Waals surface area contributed by atoms with Gasteiger partial charge in [-0.15, -0.1) is 0 Å². The molecule has 0 saturated heterocycles. The van der Waals surface area contributed by atoms with Gasteiger partial charge in [0.25, 0.3) is 0 Å². The highest BCUT2D eigenvalue weighted by Gasteiger charge is 2.31. The Labute approximate surface area is 155 Å². The van der Waals surface area contributed by atoms with E-state index in [9.17, 15) is 9.18 Å². The van der Waals surface area contributed by atoms with Crippen molar-refractivity contribution in [3.05, 3.63) is 53.7 Å². The average molecular weight is 364 g/mol. The molecule has 0 aliphatic carbocycles. The minimum absolute atomic E-state index is 0.179. The molecule has 6 nitrogen and oxygen atoms in total. The van der Waals surface area contributed by atoms with Crippen LogP contribution >= 0.6 is 0 Å². The largest absolute Gasteiger partial charge is 0.424 e. The van der Waals surface area contributed by atoms with Gasteiger partial charge < -0.3 is 4.74 Å². The lowest BCUT2D eigenvalue weighted by Gasteiger charge is -2.24. The van der Waals surface area contributed by atoms with Crippen molar-refractivity contribution < 1.29 is 13.9 Å². The van der Waals surface area contributed by atoms with Crippen LogP contribution < -0.4 is 4.74 Å². The van der Waals surface area contributed by atoms with Gasteiger partial charge in [-0.2, -0.15) is 5.10 Å². The third kappa shape index (κ3) is 2.62. The molecule has 2 aliphatic rings. The van der Waals surface area contributed by atoms with E-state index in [-0.39, 0.29) is 18.2 Å². The molecule has 0 spiro atoms. The monoisotopic (exact) mass is 364 g/mol. The molecule has 4 heterocycles. The summed E-state index contributed by atoms with van der Waals surface area (Å²) in [4.78, 5) is 18.3. The number of likely N-dealkylation sites (N-methyl/N-ethyl adjacent to an activating group) is 1. The molecule has 27 heavy (non-hydrogen) atoms. The van der Waals surface area contributed by atoms with Gasteiger partial charge in [0.15, 0.2) is 5.75 Å². The Hall–Kier alpha value is -3.06. The first-order valence-electron chi connectivity index (χ1n) is 8.83. The summed E-state index contributed by atoms with van der Waals surface area (Å²) in [6.07, 6.45) is 1.87. The number of ether oxygens (including phenoxy) is 1. The van der Waals surface area contributed by atoms with Crippen LogP contribution in [0.5, 0.6) is 5.75 Å². The molecular formula is C20H17FN4O2. The molecule has 136 valence electrons. The Bertz CT molecular complexity index is 1060. The van der Waals surface area contributed by atoms with Crippen molar-refractivity contribution in [3.63, 3.8) is 0 Å². The smallest absolute Gasteiger partial charge is 0.317 e. The number of rotatable bonds is 2. The lowest BCUT2D eigenvalue weighted by Crippen LogP contribution is -2.30. The summed E-state index contributed by atoms with van der Waals surface area (Å²) in [5, 5.41) is 4.81. The third-order valence-electron chi connectivity index (χ3n) is 5.06. The normalized spacial score (nSPS) is 16.1. The number of aromatic nitrogens is 3. The third-order valence-corrected chi connectivity index (χ3v) is 5.06. The topological polar surface area (TPSA) is 60.3 Å². The minimum atomic E-state index is -0.300. The van der Waals surface area contributed by atoms with E-state index in [4.69, 9.17) is 9.84 Å². The lowest BCUT2D eigenvalue weighted by atomic mass is 9.97. The maximum Gasteiger partial charge on any atom is 0.317 e. The molecule has 0 fully saturated rings. The highest BCUT2D eigenvalue weighted by molar-refractivity contribution is 5.91. The van der Waals surface area contributed by atoms with Crippen LogP contribution in [0, 0.1) is 5.82 Å². The Kier molecular flexibility index (Phi) is 3.58. The summed E-state index contributed by atoms with van der Waals surface area (Å²) < 4.78 is 20.9. The van der Waals surface area contributed by atoms with Crippen LogP contribution in [0.25, 0.3) is 22.4 Å². The molecule has 5 rings (SSSR count). The quantitative estimate of drug-likeness (QED) is 0.655. The average Bonchev–Trinajstić information content (AvgIpc) is 3.21. The Morgan fingerprint density at radius 1 is 1.15 bits per heavy atom. The van der Waals surface area contributed by atoms with E-state index >= 15 is 0 Å². The standard InChI is InChI=1S/C20H17FN4O2/c1-24-8-9-25-16(11-24)18(19(23-25)12-2-4-13(21)5-3-12)14-6-7-22-15-10-17(26)27-20(14)15/h2-7H,8-11H2,1H3. The van der Waals surface area contributed by atoms with E-state index in [1.165, 1.54) is 12.1 Å². The van der Waals surface area contributed by atoms with E-state index < -0.39 is 0 Å². The van der Waals surface area contributed by atoms with Crippen LogP contribution in [-0.2, 0) is 24.3 Å².